The van der Waals surface area contributed by atoms with Gasteiger partial charge < -0.3 is 10.6 Å². The molecule has 1 aliphatic rings. The first-order chi connectivity index (χ1) is 9.45. The van der Waals surface area contributed by atoms with E-state index in [1.54, 1.807) is 6.07 Å². The number of likely N-dealkylation sites (N-methyl/N-ethyl adjacent to an activating group) is 1. The van der Waals surface area contributed by atoms with Crippen molar-refractivity contribution in [2.24, 2.45) is 5.73 Å². The van der Waals surface area contributed by atoms with E-state index in [-0.39, 0.29) is 17.4 Å². The van der Waals surface area contributed by atoms with Gasteiger partial charge in [0.2, 0.25) is 0 Å². The smallest absolute Gasteiger partial charge is 0.123 e. The molecule has 4 heteroatoms. The molecule has 0 aliphatic heterocycles. The molecule has 2 nitrogen and oxygen atoms in total. The molecule has 0 spiro atoms. The van der Waals surface area contributed by atoms with Gasteiger partial charge in [-0.05, 0) is 57.1 Å². The van der Waals surface area contributed by atoms with Crippen molar-refractivity contribution in [1.29, 1.82) is 0 Å². The maximum atomic E-state index is 13.4. The Bertz CT molecular complexity index is 456. The van der Waals surface area contributed by atoms with Crippen molar-refractivity contribution < 1.29 is 4.39 Å². The maximum Gasteiger partial charge on any atom is 0.123 e. The van der Waals surface area contributed by atoms with Gasteiger partial charge in [0.1, 0.15) is 5.82 Å². The van der Waals surface area contributed by atoms with Crippen molar-refractivity contribution >= 4 is 11.6 Å². The van der Waals surface area contributed by atoms with E-state index < -0.39 is 0 Å². The molecule has 0 bridgehead atoms. The summed E-state index contributed by atoms with van der Waals surface area (Å²) in [7, 11) is 4.19. The van der Waals surface area contributed by atoms with Gasteiger partial charge in [0.05, 0.1) is 0 Å². The van der Waals surface area contributed by atoms with Crippen molar-refractivity contribution in [2.45, 2.75) is 50.1 Å². The summed E-state index contributed by atoms with van der Waals surface area (Å²) in [5.41, 5.74) is 7.33. The molecule has 1 aromatic rings. The summed E-state index contributed by atoms with van der Waals surface area (Å²) in [5, 5.41) is 0.603. The molecule has 1 aromatic carbocycles. The molecular formula is C16H24ClFN2. The van der Waals surface area contributed by atoms with Crippen LogP contribution in [0.4, 0.5) is 4.39 Å². The number of nitrogens with zero attached hydrogens (tertiary/aromatic N) is 1. The summed E-state index contributed by atoms with van der Waals surface area (Å²) < 4.78 is 13.4. The summed E-state index contributed by atoms with van der Waals surface area (Å²) in [4.78, 5) is 2.25. The van der Waals surface area contributed by atoms with Crippen molar-refractivity contribution in [3.05, 3.63) is 34.6 Å². The lowest BCUT2D eigenvalue weighted by Gasteiger charge is -2.47. The van der Waals surface area contributed by atoms with E-state index in [4.69, 9.17) is 17.3 Å². The molecule has 0 aromatic heterocycles. The lowest BCUT2D eigenvalue weighted by molar-refractivity contribution is 0.0716. The molecule has 0 saturated heterocycles. The molecule has 1 unspecified atom stereocenters. The van der Waals surface area contributed by atoms with Gasteiger partial charge in [0, 0.05) is 16.6 Å². The molecule has 1 atom stereocenters. The van der Waals surface area contributed by atoms with Gasteiger partial charge in [-0.2, -0.15) is 0 Å². The quantitative estimate of drug-likeness (QED) is 0.920. The van der Waals surface area contributed by atoms with Crippen molar-refractivity contribution in [1.82, 2.24) is 4.90 Å². The monoisotopic (exact) mass is 298 g/mol. The Morgan fingerprint density at radius 2 is 1.95 bits per heavy atom. The Hall–Kier alpha value is -0.640. The van der Waals surface area contributed by atoms with Gasteiger partial charge in [-0.1, -0.05) is 30.9 Å². The van der Waals surface area contributed by atoms with Crippen LogP contribution >= 0.6 is 11.6 Å². The van der Waals surface area contributed by atoms with Gasteiger partial charge in [0.15, 0.2) is 0 Å². The fourth-order valence-electron chi connectivity index (χ4n) is 3.44. The van der Waals surface area contributed by atoms with E-state index in [1.165, 1.54) is 31.4 Å². The molecule has 2 N–H and O–H groups in total. The van der Waals surface area contributed by atoms with Crippen LogP contribution in [0.25, 0.3) is 0 Å². The summed E-state index contributed by atoms with van der Waals surface area (Å²) in [5.74, 6) is -0.251. The second-order valence-corrected chi connectivity index (χ2v) is 6.51. The zero-order chi connectivity index (χ0) is 14.8. The van der Waals surface area contributed by atoms with E-state index >= 15 is 0 Å². The van der Waals surface area contributed by atoms with Gasteiger partial charge in [0.25, 0.3) is 0 Å². The average Bonchev–Trinajstić information content (AvgIpc) is 2.43. The largest absolute Gasteiger partial charge is 0.326 e. The Labute approximate surface area is 126 Å². The third kappa shape index (κ3) is 3.16. The molecule has 20 heavy (non-hydrogen) atoms. The highest BCUT2D eigenvalue weighted by atomic mass is 35.5. The van der Waals surface area contributed by atoms with Crippen LogP contribution in [0.3, 0.4) is 0 Å². The van der Waals surface area contributed by atoms with Gasteiger partial charge in [-0.25, -0.2) is 4.39 Å². The average molecular weight is 299 g/mol. The van der Waals surface area contributed by atoms with Crippen LogP contribution in [0.5, 0.6) is 0 Å². The fourth-order valence-corrected chi connectivity index (χ4v) is 3.64. The van der Waals surface area contributed by atoms with Crippen molar-refractivity contribution in [2.75, 3.05) is 14.1 Å². The third-order valence-electron chi connectivity index (χ3n) is 4.75. The molecule has 112 valence electrons. The molecule has 0 radical (unpaired) electrons. The highest BCUT2D eigenvalue weighted by Crippen LogP contribution is 2.36. The molecule has 0 heterocycles. The summed E-state index contributed by atoms with van der Waals surface area (Å²) in [6.45, 7) is 0. The summed E-state index contributed by atoms with van der Waals surface area (Å²) in [6.07, 6.45) is 6.53. The first-order valence-electron chi connectivity index (χ1n) is 7.32. The topological polar surface area (TPSA) is 29.3 Å². The number of nitrogens with two attached hydrogens (primary N) is 1. The molecule has 1 saturated carbocycles. The zero-order valence-electron chi connectivity index (χ0n) is 12.3. The van der Waals surface area contributed by atoms with E-state index in [9.17, 15) is 4.39 Å². The second-order valence-electron chi connectivity index (χ2n) is 6.11. The normalized spacial score (nSPS) is 20.1. The number of hydrogen-bond donors (Lipinski definition) is 1. The number of halogens is 2. The van der Waals surface area contributed by atoms with Gasteiger partial charge >= 0.3 is 0 Å². The van der Waals surface area contributed by atoms with Gasteiger partial charge in [-0.15, -0.1) is 0 Å². The van der Waals surface area contributed by atoms with E-state index in [2.05, 4.69) is 19.0 Å². The Morgan fingerprint density at radius 3 is 2.55 bits per heavy atom. The van der Waals surface area contributed by atoms with E-state index in [1.807, 2.05) is 0 Å². The Balaban J connectivity index is 2.20. The maximum absolute atomic E-state index is 13.4. The zero-order valence-corrected chi connectivity index (χ0v) is 13.1. The second kappa shape index (κ2) is 6.42. The standard InChI is InChI=1S/C16H24ClFN2/c1-20(2)16(8-4-3-5-9-16)15(19)11-12-10-13(18)6-7-14(12)17/h6-7,10,15H,3-5,8-9,11,19H2,1-2H3. The minimum absolute atomic E-state index is 0.00783. The first kappa shape index (κ1) is 15.7. The van der Waals surface area contributed by atoms with E-state index in [0.29, 0.717) is 11.4 Å². The minimum atomic E-state index is -0.251. The minimum Gasteiger partial charge on any atom is -0.326 e. The Kier molecular flexibility index (Phi) is 5.05. The molecule has 0 amide bonds. The van der Waals surface area contributed by atoms with E-state index in [0.717, 1.165) is 18.4 Å². The third-order valence-corrected chi connectivity index (χ3v) is 5.12. The van der Waals surface area contributed by atoms with Crippen LogP contribution in [0.15, 0.2) is 18.2 Å². The molecule has 1 aliphatic carbocycles. The van der Waals surface area contributed by atoms with Crippen LogP contribution in [0.1, 0.15) is 37.7 Å². The number of rotatable bonds is 4. The Morgan fingerprint density at radius 1 is 1.30 bits per heavy atom. The van der Waals surface area contributed by atoms with Crippen LogP contribution < -0.4 is 5.73 Å². The summed E-state index contributed by atoms with van der Waals surface area (Å²) >= 11 is 6.17. The number of benzene rings is 1. The fraction of sp³-hybridized carbons (Fsp3) is 0.625. The highest BCUT2D eigenvalue weighted by molar-refractivity contribution is 6.31. The van der Waals surface area contributed by atoms with Crippen LogP contribution in [0.2, 0.25) is 5.02 Å². The van der Waals surface area contributed by atoms with Crippen molar-refractivity contribution in [3.63, 3.8) is 0 Å². The van der Waals surface area contributed by atoms with Crippen molar-refractivity contribution in [3.8, 4) is 0 Å². The molecule has 2 rings (SSSR count). The highest BCUT2D eigenvalue weighted by Gasteiger charge is 2.39. The molecular weight excluding hydrogens is 275 g/mol. The first-order valence-corrected chi connectivity index (χ1v) is 7.70. The summed E-state index contributed by atoms with van der Waals surface area (Å²) in [6, 6.07) is 4.48. The van der Waals surface area contributed by atoms with Crippen LogP contribution in [-0.4, -0.2) is 30.6 Å². The van der Waals surface area contributed by atoms with Crippen LogP contribution in [0, 0.1) is 5.82 Å². The lowest BCUT2D eigenvalue weighted by atomic mass is 9.74. The predicted molar refractivity (Wildman–Crippen MR) is 82.6 cm³/mol. The number of hydrogen-bond acceptors (Lipinski definition) is 2. The van der Waals surface area contributed by atoms with Gasteiger partial charge in [-0.3, -0.25) is 0 Å². The predicted octanol–water partition coefficient (Wildman–Crippen LogP) is 3.61. The lowest BCUT2D eigenvalue weighted by Crippen LogP contribution is -2.59. The molecule has 1 fully saturated rings. The SMILES string of the molecule is CN(C)C1(C(N)Cc2cc(F)ccc2Cl)CCCCC1. The van der Waals surface area contributed by atoms with Crippen LogP contribution in [-0.2, 0) is 6.42 Å².